The molecule has 2 unspecified atom stereocenters. The molecule has 1 aliphatic heterocycles. The molecule has 34 heavy (non-hydrogen) atoms. The zero-order chi connectivity index (χ0) is 24.4. The van der Waals surface area contributed by atoms with Gasteiger partial charge in [-0.2, -0.15) is 4.98 Å². The molecule has 0 aliphatic carbocycles. The second kappa shape index (κ2) is 9.86. The Bertz CT molecular complexity index is 1270. The number of carbonyl (C=O) groups excluding carboxylic acids is 1. The Morgan fingerprint density at radius 2 is 2.00 bits per heavy atom. The molecule has 11 heteroatoms. The van der Waals surface area contributed by atoms with Crippen molar-refractivity contribution in [2.45, 2.75) is 26.1 Å². The zero-order valence-corrected chi connectivity index (χ0v) is 20.2. The minimum Gasteiger partial charge on any atom is -0.478 e. The van der Waals surface area contributed by atoms with Gasteiger partial charge in [0.2, 0.25) is 5.95 Å². The number of likely N-dealkylation sites (N-methyl/N-ethyl adjacent to an activating group) is 1. The van der Waals surface area contributed by atoms with Crippen LogP contribution in [0.3, 0.4) is 0 Å². The summed E-state index contributed by atoms with van der Waals surface area (Å²) in [6.07, 6.45) is 1.73. The van der Waals surface area contributed by atoms with Crippen molar-refractivity contribution in [3.05, 3.63) is 45.8 Å². The fourth-order valence-corrected chi connectivity index (χ4v) is 4.06. The van der Waals surface area contributed by atoms with Crippen LogP contribution >= 0.6 is 11.6 Å². The second-order valence-corrected chi connectivity index (χ2v) is 8.67. The molecule has 1 fully saturated rings. The van der Waals surface area contributed by atoms with E-state index in [4.69, 9.17) is 21.1 Å². The highest BCUT2D eigenvalue weighted by Gasteiger charge is 2.24. The average Bonchev–Trinajstić information content (AvgIpc) is 2.81. The van der Waals surface area contributed by atoms with Gasteiger partial charge in [0.15, 0.2) is 18.2 Å². The van der Waals surface area contributed by atoms with E-state index in [0.29, 0.717) is 35.4 Å². The van der Waals surface area contributed by atoms with E-state index in [2.05, 4.69) is 25.5 Å². The molecule has 180 valence electrons. The van der Waals surface area contributed by atoms with Gasteiger partial charge >= 0.3 is 0 Å². The number of morpholine rings is 1. The normalized spacial score (nSPS) is 18.1. The summed E-state index contributed by atoms with van der Waals surface area (Å²) in [5, 5.41) is 6.84. The van der Waals surface area contributed by atoms with Crippen LogP contribution in [0.2, 0.25) is 5.02 Å². The summed E-state index contributed by atoms with van der Waals surface area (Å²) in [5.41, 5.74) is 1.11. The summed E-state index contributed by atoms with van der Waals surface area (Å²) in [7, 11) is 3.16. The standard InChI is InChI=1S/C23H27ClN6O4/c1-13-10-30(11-14(2)34-13)23-26-9-17(24)21(28-23)27-16-5-6-18-15(7-16)8-19(22(32)29(18)4)33-12-20(31)25-3/h5-9,13-14H,10-12H2,1-4H3,(H,25,31)(H,26,27,28). The maximum atomic E-state index is 12.6. The van der Waals surface area contributed by atoms with E-state index in [1.807, 2.05) is 32.0 Å². The average molecular weight is 487 g/mol. The summed E-state index contributed by atoms with van der Waals surface area (Å²) >= 11 is 6.38. The van der Waals surface area contributed by atoms with Gasteiger partial charge in [0.1, 0.15) is 5.02 Å². The van der Waals surface area contributed by atoms with E-state index in [9.17, 15) is 9.59 Å². The van der Waals surface area contributed by atoms with Crippen molar-refractivity contribution >= 4 is 45.9 Å². The predicted octanol–water partition coefficient (Wildman–Crippen LogP) is 2.46. The number of fused-ring (bicyclic) bond motifs is 1. The zero-order valence-electron chi connectivity index (χ0n) is 19.5. The number of pyridine rings is 1. The maximum Gasteiger partial charge on any atom is 0.293 e. The molecule has 10 nitrogen and oxygen atoms in total. The minimum atomic E-state index is -0.324. The summed E-state index contributed by atoms with van der Waals surface area (Å²) in [6, 6.07) is 7.14. The largest absolute Gasteiger partial charge is 0.478 e. The van der Waals surface area contributed by atoms with Crippen LogP contribution in [0.4, 0.5) is 17.5 Å². The molecular weight excluding hydrogens is 460 g/mol. The number of anilines is 3. The Labute approximate surface area is 201 Å². The van der Waals surface area contributed by atoms with Crippen molar-refractivity contribution < 1.29 is 14.3 Å². The molecule has 1 aliphatic rings. The predicted molar refractivity (Wildman–Crippen MR) is 131 cm³/mol. The highest BCUT2D eigenvalue weighted by molar-refractivity contribution is 6.32. The van der Waals surface area contributed by atoms with Crippen molar-refractivity contribution in [1.82, 2.24) is 19.9 Å². The monoisotopic (exact) mass is 486 g/mol. The van der Waals surface area contributed by atoms with Crippen LogP contribution in [0.15, 0.2) is 35.3 Å². The Morgan fingerprint density at radius 3 is 2.71 bits per heavy atom. The van der Waals surface area contributed by atoms with Crippen LogP contribution in [0, 0.1) is 0 Å². The van der Waals surface area contributed by atoms with E-state index in [0.717, 1.165) is 11.1 Å². The molecule has 1 aromatic carbocycles. The Balaban J connectivity index is 1.62. The smallest absolute Gasteiger partial charge is 0.293 e. The number of aryl methyl sites for hydroxylation is 1. The number of halogens is 1. The van der Waals surface area contributed by atoms with Crippen LogP contribution in [-0.4, -0.2) is 59.4 Å². The van der Waals surface area contributed by atoms with Gasteiger partial charge in [-0.15, -0.1) is 0 Å². The number of aromatic nitrogens is 3. The van der Waals surface area contributed by atoms with Gasteiger partial charge in [0, 0.05) is 38.3 Å². The molecule has 2 aromatic heterocycles. The first kappa shape index (κ1) is 23.8. The Morgan fingerprint density at radius 1 is 1.26 bits per heavy atom. The van der Waals surface area contributed by atoms with E-state index >= 15 is 0 Å². The number of hydrogen-bond donors (Lipinski definition) is 2. The number of nitrogens with one attached hydrogen (secondary N) is 2. The number of nitrogens with zero attached hydrogens (tertiary/aromatic N) is 4. The fourth-order valence-electron chi connectivity index (χ4n) is 3.93. The number of amides is 1. The van der Waals surface area contributed by atoms with Crippen LogP contribution < -0.4 is 25.8 Å². The number of carbonyl (C=O) groups is 1. The third kappa shape index (κ3) is 5.07. The SMILES string of the molecule is CNC(=O)COc1cc2cc(Nc3nc(N4CC(C)OC(C)C4)ncc3Cl)ccc2n(C)c1=O. The van der Waals surface area contributed by atoms with Crippen molar-refractivity contribution in [1.29, 1.82) is 0 Å². The minimum absolute atomic E-state index is 0.0754. The van der Waals surface area contributed by atoms with Crippen molar-refractivity contribution in [3.8, 4) is 5.75 Å². The lowest BCUT2D eigenvalue weighted by Crippen LogP contribution is -2.46. The van der Waals surface area contributed by atoms with Gasteiger partial charge in [-0.3, -0.25) is 9.59 Å². The third-order valence-corrected chi connectivity index (χ3v) is 5.80. The summed E-state index contributed by atoms with van der Waals surface area (Å²) in [4.78, 5) is 35.2. The van der Waals surface area contributed by atoms with Gasteiger partial charge < -0.3 is 29.6 Å². The lowest BCUT2D eigenvalue weighted by atomic mass is 10.2. The van der Waals surface area contributed by atoms with E-state index in [-0.39, 0.29) is 36.0 Å². The van der Waals surface area contributed by atoms with Gasteiger partial charge in [-0.05, 0) is 38.1 Å². The van der Waals surface area contributed by atoms with Gasteiger partial charge in [0.05, 0.1) is 23.9 Å². The summed E-state index contributed by atoms with van der Waals surface area (Å²) in [5.74, 6) is 0.810. The second-order valence-electron chi connectivity index (χ2n) is 8.26. The number of hydrogen-bond acceptors (Lipinski definition) is 8. The van der Waals surface area contributed by atoms with E-state index in [1.165, 1.54) is 11.6 Å². The first-order valence-corrected chi connectivity index (χ1v) is 11.3. The van der Waals surface area contributed by atoms with Crippen LogP contribution in [0.5, 0.6) is 5.75 Å². The molecule has 0 radical (unpaired) electrons. The van der Waals surface area contributed by atoms with E-state index in [1.54, 1.807) is 19.3 Å². The highest BCUT2D eigenvalue weighted by Crippen LogP contribution is 2.28. The molecule has 2 atom stereocenters. The van der Waals surface area contributed by atoms with Crippen LogP contribution in [0.1, 0.15) is 13.8 Å². The Kier molecular flexibility index (Phi) is 6.90. The van der Waals surface area contributed by atoms with Crippen LogP contribution in [-0.2, 0) is 16.6 Å². The third-order valence-electron chi connectivity index (χ3n) is 5.53. The van der Waals surface area contributed by atoms with Gasteiger partial charge in [-0.1, -0.05) is 11.6 Å². The molecule has 3 heterocycles. The summed E-state index contributed by atoms with van der Waals surface area (Å²) in [6.45, 7) is 5.18. The molecule has 0 spiro atoms. The van der Waals surface area contributed by atoms with Crippen molar-refractivity contribution in [2.24, 2.45) is 7.05 Å². The Hall–Kier alpha value is -3.37. The first-order chi connectivity index (χ1) is 16.2. The molecular formula is C23H27ClN6O4. The lowest BCUT2D eigenvalue weighted by molar-refractivity contribution is -0.122. The lowest BCUT2D eigenvalue weighted by Gasteiger charge is -2.35. The van der Waals surface area contributed by atoms with Crippen molar-refractivity contribution in [2.75, 3.05) is 37.0 Å². The number of ether oxygens (including phenoxy) is 2. The molecule has 0 bridgehead atoms. The number of rotatable bonds is 6. The quantitative estimate of drug-likeness (QED) is 0.546. The molecule has 1 amide bonds. The maximum absolute atomic E-state index is 12.6. The first-order valence-electron chi connectivity index (χ1n) is 10.9. The molecule has 4 rings (SSSR count). The molecule has 0 saturated carbocycles. The molecule has 2 N–H and O–H groups in total. The highest BCUT2D eigenvalue weighted by atomic mass is 35.5. The van der Waals surface area contributed by atoms with Gasteiger partial charge in [-0.25, -0.2) is 4.98 Å². The fraction of sp³-hybridized carbons (Fsp3) is 0.391. The van der Waals surface area contributed by atoms with Gasteiger partial charge in [0.25, 0.3) is 11.5 Å². The molecule has 1 saturated heterocycles. The topological polar surface area (TPSA) is 111 Å². The van der Waals surface area contributed by atoms with Crippen LogP contribution in [0.25, 0.3) is 10.9 Å². The molecule has 3 aromatic rings. The number of benzene rings is 1. The van der Waals surface area contributed by atoms with Crippen molar-refractivity contribution in [3.63, 3.8) is 0 Å². The summed E-state index contributed by atoms with van der Waals surface area (Å²) < 4.78 is 12.7. The van der Waals surface area contributed by atoms with E-state index < -0.39 is 0 Å².